The number of hydrogen-bond acceptors (Lipinski definition) is 2. The lowest BCUT2D eigenvalue weighted by Crippen LogP contribution is -2.19. The summed E-state index contributed by atoms with van der Waals surface area (Å²) < 4.78 is 2.64. The number of fused-ring (bicyclic) bond motifs is 10. The van der Waals surface area contributed by atoms with Crippen LogP contribution in [0, 0.1) is 5.92 Å². The molecule has 0 N–H and O–H groups in total. The molecule has 10 aromatic rings. The number of allylic oxidation sites excluding steroid dienone is 2. The van der Waals surface area contributed by atoms with Gasteiger partial charge in [0.15, 0.2) is 0 Å². The standard InChI is InChI=1S/C58H39NS/c1-2-11-38(12-3-1)42-14-8-17-48(34-42)59(50-19-10-16-44(36-50)46-30-32-56-54(37-46)53-21-6-7-22-55(53)60-56)49-18-9-15-43(35-49)45-29-31-52-47(33-45)28-27-41-26-25-40-24-23-39-13-4-5-20-51(39)57(40)58(41)52/h1-37,40,57H. The smallest absolute Gasteiger partial charge is 0.0467 e. The number of nitrogens with zero attached hydrogens (tertiary/aromatic N) is 1. The Labute approximate surface area is 354 Å². The largest absolute Gasteiger partial charge is 0.310 e. The molecule has 1 nitrogen and oxygen atoms in total. The summed E-state index contributed by atoms with van der Waals surface area (Å²) >= 11 is 1.86. The zero-order chi connectivity index (χ0) is 39.6. The maximum absolute atomic E-state index is 2.41. The fourth-order valence-corrected chi connectivity index (χ4v) is 10.8. The van der Waals surface area contributed by atoms with Crippen LogP contribution in [0.25, 0.3) is 76.5 Å². The number of rotatable bonds is 6. The minimum absolute atomic E-state index is 0.312. The molecule has 2 atom stereocenters. The van der Waals surface area contributed by atoms with Crippen LogP contribution in [-0.4, -0.2) is 0 Å². The molecule has 0 spiro atoms. The molecule has 1 heterocycles. The van der Waals surface area contributed by atoms with Crippen molar-refractivity contribution in [2.45, 2.75) is 5.92 Å². The van der Waals surface area contributed by atoms with Crippen molar-refractivity contribution >= 4 is 71.5 Å². The van der Waals surface area contributed by atoms with Gasteiger partial charge in [-0.15, -0.1) is 11.3 Å². The van der Waals surface area contributed by atoms with Crippen molar-refractivity contribution in [3.8, 4) is 33.4 Å². The van der Waals surface area contributed by atoms with E-state index in [1.54, 1.807) is 0 Å². The van der Waals surface area contributed by atoms with Crippen molar-refractivity contribution < 1.29 is 0 Å². The first-order valence-electron chi connectivity index (χ1n) is 20.8. The first-order chi connectivity index (χ1) is 29.7. The van der Waals surface area contributed by atoms with Gasteiger partial charge in [0.2, 0.25) is 0 Å². The quantitative estimate of drug-likeness (QED) is 0.162. The average Bonchev–Trinajstić information content (AvgIpc) is 3.70. The summed E-state index contributed by atoms with van der Waals surface area (Å²) in [5.41, 5.74) is 16.0. The first-order valence-corrected chi connectivity index (χ1v) is 21.6. The predicted molar refractivity (Wildman–Crippen MR) is 258 cm³/mol. The average molecular weight is 782 g/mol. The summed E-state index contributed by atoms with van der Waals surface area (Å²) in [6.45, 7) is 0. The van der Waals surface area contributed by atoms with Crippen LogP contribution in [0.4, 0.5) is 17.1 Å². The van der Waals surface area contributed by atoms with Crippen LogP contribution >= 0.6 is 11.3 Å². The number of benzene rings is 9. The molecule has 2 aliphatic carbocycles. The van der Waals surface area contributed by atoms with E-state index in [-0.39, 0.29) is 0 Å². The second kappa shape index (κ2) is 14.2. The summed E-state index contributed by atoms with van der Waals surface area (Å²) in [7, 11) is 0. The molecular weight excluding hydrogens is 743 g/mol. The summed E-state index contributed by atoms with van der Waals surface area (Å²) in [5, 5.41) is 5.24. The Morgan fingerprint density at radius 2 is 0.950 bits per heavy atom. The Morgan fingerprint density at radius 1 is 0.367 bits per heavy atom. The molecule has 2 heteroatoms. The zero-order valence-electron chi connectivity index (χ0n) is 32.9. The fraction of sp³-hybridized carbons (Fsp3) is 0.0345. The van der Waals surface area contributed by atoms with E-state index in [1.807, 2.05) is 11.3 Å². The highest BCUT2D eigenvalue weighted by atomic mass is 32.1. The molecule has 1 aromatic heterocycles. The minimum Gasteiger partial charge on any atom is -0.310 e. The van der Waals surface area contributed by atoms with E-state index in [1.165, 1.54) is 86.6 Å². The molecule has 12 rings (SSSR count). The molecule has 2 unspecified atom stereocenters. The Hall–Kier alpha value is -7.26. The topological polar surface area (TPSA) is 3.24 Å². The van der Waals surface area contributed by atoms with Gasteiger partial charge in [0, 0.05) is 49.1 Å². The van der Waals surface area contributed by atoms with Gasteiger partial charge >= 0.3 is 0 Å². The van der Waals surface area contributed by atoms with Crippen LogP contribution in [0.5, 0.6) is 0 Å². The molecule has 0 bridgehead atoms. The van der Waals surface area contributed by atoms with E-state index in [0.29, 0.717) is 11.8 Å². The van der Waals surface area contributed by atoms with E-state index >= 15 is 0 Å². The van der Waals surface area contributed by atoms with Crippen LogP contribution in [0.2, 0.25) is 0 Å². The highest BCUT2D eigenvalue weighted by Crippen LogP contribution is 2.48. The van der Waals surface area contributed by atoms with Crippen LogP contribution in [-0.2, 0) is 0 Å². The molecule has 282 valence electrons. The van der Waals surface area contributed by atoms with Crippen LogP contribution in [0.3, 0.4) is 0 Å². The molecule has 0 fully saturated rings. The van der Waals surface area contributed by atoms with Gasteiger partial charge in [-0.1, -0.05) is 164 Å². The molecule has 60 heavy (non-hydrogen) atoms. The molecule has 0 aliphatic heterocycles. The maximum atomic E-state index is 2.41. The molecule has 0 radical (unpaired) electrons. The van der Waals surface area contributed by atoms with E-state index in [4.69, 9.17) is 0 Å². The van der Waals surface area contributed by atoms with Gasteiger partial charge in [0.25, 0.3) is 0 Å². The Bertz CT molecular complexity index is 3350. The van der Waals surface area contributed by atoms with Gasteiger partial charge in [0.1, 0.15) is 0 Å². The van der Waals surface area contributed by atoms with Crippen molar-refractivity contribution in [3.63, 3.8) is 0 Å². The molecule has 9 aromatic carbocycles. The second-order valence-corrected chi connectivity index (χ2v) is 17.2. The highest BCUT2D eigenvalue weighted by molar-refractivity contribution is 7.25. The van der Waals surface area contributed by atoms with Gasteiger partial charge in [-0.2, -0.15) is 0 Å². The Morgan fingerprint density at radius 3 is 1.72 bits per heavy atom. The van der Waals surface area contributed by atoms with Crippen molar-refractivity contribution in [2.75, 3.05) is 4.90 Å². The van der Waals surface area contributed by atoms with Crippen LogP contribution in [0.15, 0.2) is 212 Å². The van der Waals surface area contributed by atoms with Gasteiger partial charge in [-0.3, -0.25) is 0 Å². The minimum atomic E-state index is 0.312. The molecule has 2 aliphatic rings. The summed E-state index contributed by atoms with van der Waals surface area (Å²) in [6, 6.07) is 73.9. The SMILES string of the molecule is C1=CC2C=Cc3ccc4cc(-c5cccc(N(c6cccc(-c7ccccc7)c6)c6cccc(-c7ccc8sc9ccccc9c8c7)c6)c5)ccc4c3C2c2ccccc21. The van der Waals surface area contributed by atoms with Gasteiger partial charge in [-0.05, 0) is 127 Å². The Kier molecular flexibility index (Phi) is 8.24. The molecule has 0 saturated carbocycles. The summed E-state index contributed by atoms with van der Waals surface area (Å²) in [5.74, 6) is 0.671. The zero-order valence-corrected chi connectivity index (χ0v) is 33.7. The molecule has 0 amide bonds. The number of thiophene rings is 1. The highest BCUT2D eigenvalue weighted by Gasteiger charge is 2.31. The van der Waals surface area contributed by atoms with E-state index in [0.717, 1.165) is 17.1 Å². The lowest BCUT2D eigenvalue weighted by Gasteiger charge is -2.33. The third kappa shape index (κ3) is 5.91. The first kappa shape index (κ1) is 34.8. The lowest BCUT2D eigenvalue weighted by molar-refractivity contribution is 0.676. The van der Waals surface area contributed by atoms with Crippen molar-refractivity contribution in [3.05, 3.63) is 235 Å². The van der Waals surface area contributed by atoms with Crippen molar-refractivity contribution in [1.82, 2.24) is 0 Å². The van der Waals surface area contributed by atoms with Gasteiger partial charge in [0.05, 0.1) is 0 Å². The number of anilines is 3. The predicted octanol–water partition coefficient (Wildman–Crippen LogP) is 16.5. The van der Waals surface area contributed by atoms with E-state index in [9.17, 15) is 0 Å². The second-order valence-electron chi connectivity index (χ2n) is 16.1. The van der Waals surface area contributed by atoms with Crippen LogP contribution < -0.4 is 4.90 Å². The molecular formula is C58H39NS. The van der Waals surface area contributed by atoms with E-state index in [2.05, 4.69) is 229 Å². The monoisotopic (exact) mass is 781 g/mol. The normalized spacial score (nSPS) is 15.2. The van der Waals surface area contributed by atoms with Gasteiger partial charge < -0.3 is 4.90 Å². The third-order valence-corrected chi connectivity index (χ3v) is 13.7. The van der Waals surface area contributed by atoms with E-state index < -0.39 is 0 Å². The third-order valence-electron chi connectivity index (χ3n) is 12.6. The summed E-state index contributed by atoms with van der Waals surface area (Å²) in [4.78, 5) is 2.41. The fourth-order valence-electron chi connectivity index (χ4n) is 9.72. The van der Waals surface area contributed by atoms with Crippen LogP contribution in [0.1, 0.15) is 28.2 Å². The number of hydrogen-bond donors (Lipinski definition) is 0. The summed E-state index contributed by atoms with van der Waals surface area (Å²) in [6.07, 6.45) is 9.38. The lowest BCUT2D eigenvalue weighted by atomic mass is 9.70. The van der Waals surface area contributed by atoms with Crippen molar-refractivity contribution in [1.29, 1.82) is 0 Å². The molecule has 0 saturated heterocycles. The van der Waals surface area contributed by atoms with Gasteiger partial charge in [-0.25, -0.2) is 0 Å². The Balaban J connectivity index is 0.971. The van der Waals surface area contributed by atoms with Crippen molar-refractivity contribution in [2.24, 2.45) is 5.92 Å². The maximum Gasteiger partial charge on any atom is 0.0467 e.